The van der Waals surface area contributed by atoms with Crippen molar-refractivity contribution in [3.05, 3.63) is 32.6 Å². The number of ether oxygens (including phenoxy) is 1. The third-order valence-electron chi connectivity index (χ3n) is 4.73. The van der Waals surface area contributed by atoms with Crippen molar-refractivity contribution in [3.63, 3.8) is 0 Å². The minimum Gasteiger partial charge on any atom is -0.393 e. The van der Waals surface area contributed by atoms with Crippen molar-refractivity contribution >= 4 is 5.91 Å². The Hall–Kier alpha value is -2.01. The lowest BCUT2D eigenvalue weighted by molar-refractivity contribution is -0.119. The maximum Gasteiger partial charge on any atom is 0.352 e. The average Bonchev–Trinajstić information content (AvgIpc) is 2.89. The summed E-state index contributed by atoms with van der Waals surface area (Å²) in [6, 6.07) is -0.868. The predicted molar refractivity (Wildman–Crippen MR) is 97.7 cm³/mol. The molecule has 5 N–H and O–H groups in total. The summed E-state index contributed by atoms with van der Waals surface area (Å²) in [5.74, 6) is -0.478. The summed E-state index contributed by atoms with van der Waals surface area (Å²) in [7, 11) is 0. The lowest BCUT2D eigenvalue weighted by atomic mass is 10.0. The van der Waals surface area contributed by atoms with E-state index < -0.39 is 47.7 Å². The molecule has 1 aromatic rings. The minimum atomic E-state index is -1.22. The Balaban J connectivity index is 2.37. The van der Waals surface area contributed by atoms with Gasteiger partial charge in [0.15, 0.2) is 0 Å². The Labute approximate surface area is 156 Å². The Morgan fingerprint density at radius 1 is 1.48 bits per heavy atom. The molecule has 0 spiro atoms. The molecular formula is C17H28N4O6. The summed E-state index contributed by atoms with van der Waals surface area (Å²) in [4.78, 5) is 37.4. The molecule has 0 aliphatic carbocycles. The van der Waals surface area contributed by atoms with E-state index >= 15 is 0 Å². The largest absolute Gasteiger partial charge is 0.393 e. The molecule has 0 saturated carbocycles. The monoisotopic (exact) mass is 384 g/mol. The SMILES string of the molecule is Cc1cn([C@H]2CC(O)[C@@](C)(CO)O2)c(=O)n(NC(=O)[C@@H](N)CC(C)C)c1=O. The molecule has 1 amide bonds. The van der Waals surface area contributed by atoms with Gasteiger partial charge in [-0.3, -0.25) is 19.6 Å². The molecule has 1 aliphatic heterocycles. The van der Waals surface area contributed by atoms with Crippen LogP contribution in [0, 0.1) is 12.8 Å². The summed E-state index contributed by atoms with van der Waals surface area (Å²) in [6.07, 6.45) is -0.129. The molecular weight excluding hydrogens is 356 g/mol. The Morgan fingerprint density at radius 3 is 2.63 bits per heavy atom. The van der Waals surface area contributed by atoms with E-state index in [1.165, 1.54) is 20.0 Å². The van der Waals surface area contributed by atoms with Crippen LogP contribution < -0.4 is 22.4 Å². The first-order valence-corrected chi connectivity index (χ1v) is 8.88. The molecule has 0 radical (unpaired) electrons. The van der Waals surface area contributed by atoms with Gasteiger partial charge in [0, 0.05) is 18.2 Å². The van der Waals surface area contributed by atoms with Gasteiger partial charge >= 0.3 is 5.69 Å². The van der Waals surface area contributed by atoms with Gasteiger partial charge in [-0.25, -0.2) is 4.79 Å². The van der Waals surface area contributed by atoms with Gasteiger partial charge in [0.05, 0.1) is 18.8 Å². The molecule has 1 aromatic heterocycles. The van der Waals surface area contributed by atoms with E-state index in [0.717, 1.165) is 4.57 Å². The number of carbonyl (C=O) groups is 1. The van der Waals surface area contributed by atoms with Crippen LogP contribution in [0.15, 0.2) is 15.8 Å². The van der Waals surface area contributed by atoms with Crippen molar-refractivity contribution in [2.45, 2.75) is 64.5 Å². The quantitative estimate of drug-likeness (QED) is 0.481. The zero-order chi connectivity index (χ0) is 20.5. The molecule has 1 aliphatic rings. The molecule has 1 saturated heterocycles. The second-order valence-electron chi connectivity index (χ2n) is 7.65. The van der Waals surface area contributed by atoms with Gasteiger partial charge in [0.25, 0.3) is 11.5 Å². The number of carbonyl (C=O) groups excluding carboxylic acids is 1. The zero-order valence-corrected chi connectivity index (χ0v) is 16.0. The molecule has 10 nitrogen and oxygen atoms in total. The van der Waals surface area contributed by atoms with E-state index in [1.807, 2.05) is 13.8 Å². The fourth-order valence-corrected chi connectivity index (χ4v) is 3.00. The lowest BCUT2D eigenvalue weighted by Crippen LogP contribution is -2.51. The van der Waals surface area contributed by atoms with Crippen molar-refractivity contribution in [2.24, 2.45) is 11.7 Å². The molecule has 2 heterocycles. The number of hydrogen-bond acceptors (Lipinski definition) is 7. The van der Waals surface area contributed by atoms with Crippen LogP contribution in [-0.2, 0) is 9.53 Å². The molecule has 10 heteroatoms. The fraction of sp³-hybridized carbons (Fsp3) is 0.706. The predicted octanol–water partition coefficient (Wildman–Crippen LogP) is -1.21. The summed E-state index contributed by atoms with van der Waals surface area (Å²) in [5, 5.41) is 19.5. The highest BCUT2D eigenvalue weighted by atomic mass is 16.6. The smallest absolute Gasteiger partial charge is 0.352 e. The van der Waals surface area contributed by atoms with Crippen molar-refractivity contribution < 1.29 is 19.7 Å². The Kier molecular flexibility index (Phi) is 6.25. The second-order valence-corrected chi connectivity index (χ2v) is 7.65. The van der Waals surface area contributed by atoms with Gasteiger partial charge in [-0.1, -0.05) is 13.8 Å². The molecule has 2 rings (SSSR count). The summed E-state index contributed by atoms with van der Waals surface area (Å²) >= 11 is 0. The second kappa shape index (κ2) is 7.93. The molecule has 152 valence electrons. The van der Waals surface area contributed by atoms with Crippen molar-refractivity contribution in [3.8, 4) is 0 Å². The number of aromatic nitrogens is 2. The third-order valence-corrected chi connectivity index (χ3v) is 4.73. The van der Waals surface area contributed by atoms with Gasteiger partial charge in [0.1, 0.15) is 11.8 Å². The van der Waals surface area contributed by atoms with Crippen molar-refractivity contribution in [1.82, 2.24) is 9.24 Å². The van der Waals surface area contributed by atoms with Gasteiger partial charge < -0.3 is 20.7 Å². The van der Waals surface area contributed by atoms with E-state index in [9.17, 15) is 24.6 Å². The van der Waals surface area contributed by atoms with Crippen molar-refractivity contribution in [1.29, 1.82) is 0 Å². The molecule has 1 unspecified atom stereocenters. The number of aryl methyl sites for hydroxylation is 1. The molecule has 0 bridgehead atoms. The van der Waals surface area contributed by atoms with E-state index in [0.29, 0.717) is 11.1 Å². The number of aliphatic hydroxyl groups is 2. The van der Waals surface area contributed by atoms with Crippen LogP contribution in [0.3, 0.4) is 0 Å². The number of rotatable bonds is 6. The van der Waals surface area contributed by atoms with Crippen LogP contribution in [0.25, 0.3) is 0 Å². The summed E-state index contributed by atoms with van der Waals surface area (Å²) < 4.78 is 7.36. The van der Waals surface area contributed by atoms with Crippen LogP contribution in [0.4, 0.5) is 0 Å². The highest BCUT2D eigenvalue weighted by Gasteiger charge is 2.45. The number of nitrogens with zero attached hydrogens (tertiary/aromatic N) is 2. The van der Waals surface area contributed by atoms with Crippen LogP contribution in [0.5, 0.6) is 0 Å². The highest BCUT2D eigenvalue weighted by molar-refractivity contribution is 5.88. The van der Waals surface area contributed by atoms with Crippen LogP contribution >= 0.6 is 0 Å². The van der Waals surface area contributed by atoms with E-state index in [-0.39, 0.29) is 17.9 Å². The first kappa shape index (κ1) is 21.3. The number of nitrogens with two attached hydrogens (primary N) is 1. The molecule has 27 heavy (non-hydrogen) atoms. The first-order chi connectivity index (χ1) is 12.5. The summed E-state index contributed by atoms with van der Waals surface area (Å²) in [6.45, 7) is 6.39. The number of amides is 1. The Bertz CT molecular complexity index is 817. The molecule has 4 atom stereocenters. The number of hydrogen-bond donors (Lipinski definition) is 4. The normalized spacial score (nSPS) is 26.4. The lowest BCUT2D eigenvalue weighted by Gasteiger charge is -2.25. The topological polar surface area (TPSA) is 149 Å². The third kappa shape index (κ3) is 4.29. The van der Waals surface area contributed by atoms with Gasteiger partial charge in [-0.2, -0.15) is 4.68 Å². The van der Waals surface area contributed by atoms with Crippen LogP contribution in [-0.4, -0.2) is 49.7 Å². The van der Waals surface area contributed by atoms with E-state index in [2.05, 4.69) is 5.43 Å². The minimum absolute atomic E-state index is 0.0510. The summed E-state index contributed by atoms with van der Waals surface area (Å²) in [5.41, 5.74) is 5.56. The average molecular weight is 384 g/mol. The molecule has 0 aromatic carbocycles. The van der Waals surface area contributed by atoms with Crippen molar-refractivity contribution in [2.75, 3.05) is 12.0 Å². The first-order valence-electron chi connectivity index (χ1n) is 8.88. The van der Waals surface area contributed by atoms with Crippen LogP contribution in [0.1, 0.15) is 45.4 Å². The van der Waals surface area contributed by atoms with Crippen LogP contribution in [0.2, 0.25) is 0 Å². The number of aliphatic hydroxyl groups excluding tert-OH is 2. The van der Waals surface area contributed by atoms with E-state index in [1.54, 1.807) is 0 Å². The maximum atomic E-state index is 12.8. The van der Waals surface area contributed by atoms with E-state index in [4.69, 9.17) is 10.5 Å². The van der Waals surface area contributed by atoms with Gasteiger partial charge in [0.2, 0.25) is 0 Å². The van der Waals surface area contributed by atoms with Gasteiger partial charge in [-0.05, 0) is 26.2 Å². The Morgan fingerprint density at radius 2 is 2.11 bits per heavy atom. The highest BCUT2D eigenvalue weighted by Crippen LogP contribution is 2.35. The maximum absolute atomic E-state index is 12.8. The molecule has 1 fully saturated rings. The fourth-order valence-electron chi connectivity index (χ4n) is 3.00. The van der Waals surface area contributed by atoms with Gasteiger partial charge in [-0.15, -0.1) is 0 Å². The number of nitrogens with one attached hydrogen (secondary N) is 1. The zero-order valence-electron chi connectivity index (χ0n) is 16.0. The standard InChI is InChI=1S/C17H28N4O6/c1-9(2)5-11(18)14(24)19-21-15(25)10(3)7-20(16(21)26)13-6-12(23)17(4,8-22)27-13/h7,9,11-13,22-23H,5-6,8,18H2,1-4H3,(H,19,24)/t11-,12?,13+,17+/m0/s1.